The molecule has 1 amide bonds. The fraction of sp³-hybridized carbons (Fsp3) is 0.542. The Morgan fingerprint density at radius 2 is 1.67 bits per heavy atom. The summed E-state index contributed by atoms with van der Waals surface area (Å²) >= 11 is 0. The molecule has 4 aliphatic rings. The lowest BCUT2D eigenvalue weighted by Crippen LogP contribution is -2.46. The predicted molar refractivity (Wildman–Crippen MR) is 108 cm³/mol. The number of hydrogen-bond acceptors (Lipinski definition) is 2. The second kappa shape index (κ2) is 6.85. The fourth-order valence-corrected chi connectivity index (χ4v) is 6.33. The fourth-order valence-electron chi connectivity index (χ4n) is 6.33. The molecule has 1 N–H and O–H groups in total. The summed E-state index contributed by atoms with van der Waals surface area (Å²) in [6, 6.07) is 14.2. The number of nitrogens with one attached hydrogen (secondary N) is 1. The van der Waals surface area contributed by atoms with Crippen LogP contribution < -0.4 is 10.1 Å². The van der Waals surface area contributed by atoms with Crippen molar-refractivity contribution in [3.8, 4) is 5.75 Å². The number of rotatable bonds is 5. The summed E-state index contributed by atoms with van der Waals surface area (Å²) in [6.45, 7) is 0.946. The van der Waals surface area contributed by atoms with Crippen LogP contribution in [-0.2, 0) is 4.79 Å². The molecule has 2 atom stereocenters. The van der Waals surface area contributed by atoms with Gasteiger partial charge in [0, 0.05) is 6.54 Å². The number of amides is 1. The summed E-state index contributed by atoms with van der Waals surface area (Å²) in [6.07, 6.45) is 9.70. The summed E-state index contributed by atoms with van der Waals surface area (Å²) in [5.41, 5.74) is 0.367. The molecular weight excluding hydrogens is 334 g/mol. The summed E-state index contributed by atoms with van der Waals surface area (Å²) in [7, 11) is 0. The van der Waals surface area contributed by atoms with Gasteiger partial charge in [-0.2, -0.15) is 0 Å². The van der Waals surface area contributed by atoms with Gasteiger partial charge in [-0.05, 0) is 78.2 Å². The van der Waals surface area contributed by atoms with Crippen LogP contribution in [0.3, 0.4) is 0 Å². The first-order valence-electron chi connectivity index (χ1n) is 10.6. The number of benzene rings is 2. The molecule has 4 fully saturated rings. The Bertz CT molecular complexity index is 829. The van der Waals surface area contributed by atoms with Crippen LogP contribution in [0.1, 0.15) is 44.9 Å². The van der Waals surface area contributed by atoms with E-state index >= 15 is 0 Å². The lowest BCUT2D eigenvalue weighted by molar-refractivity contribution is -0.124. The van der Waals surface area contributed by atoms with Crippen LogP contribution in [0.5, 0.6) is 5.75 Å². The van der Waals surface area contributed by atoms with Gasteiger partial charge in [-0.1, -0.05) is 43.2 Å². The van der Waals surface area contributed by atoms with Gasteiger partial charge in [0.25, 0.3) is 5.91 Å². The topological polar surface area (TPSA) is 38.3 Å². The highest BCUT2D eigenvalue weighted by Crippen LogP contribution is 2.57. The van der Waals surface area contributed by atoms with Crippen molar-refractivity contribution >= 4 is 16.7 Å². The molecule has 27 heavy (non-hydrogen) atoms. The first-order valence-corrected chi connectivity index (χ1v) is 10.6. The summed E-state index contributed by atoms with van der Waals surface area (Å²) < 4.78 is 5.76. The van der Waals surface area contributed by atoms with E-state index in [-0.39, 0.29) is 12.5 Å². The quantitative estimate of drug-likeness (QED) is 0.817. The molecule has 0 saturated heterocycles. The van der Waals surface area contributed by atoms with Gasteiger partial charge in [0.2, 0.25) is 0 Å². The maximum atomic E-state index is 12.4. The van der Waals surface area contributed by atoms with Gasteiger partial charge in [0.15, 0.2) is 6.61 Å². The number of fused-ring (bicyclic) bond motifs is 2. The zero-order chi connectivity index (χ0) is 18.3. The molecule has 2 aromatic carbocycles. The molecule has 0 unspecified atom stereocenters. The van der Waals surface area contributed by atoms with E-state index in [0.717, 1.165) is 35.4 Å². The molecule has 0 aliphatic heterocycles. The first-order chi connectivity index (χ1) is 13.2. The summed E-state index contributed by atoms with van der Waals surface area (Å²) in [5, 5.41) is 5.54. The first kappa shape index (κ1) is 17.1. The third kappa shape index (κ3) is 3.56. The highest BCUT2D eigenvalue weighted by molar-refractivity contribution is 5.84. The molecule has 4 bridgehead atoms. The Balaban J connectivity index is 1.17. The SMILES string of the molecule is O=C(COc1ccc2ccccc2c1)NCC12CC3C[C@@H](CC[C@H](C3)C1)C2. The molecule has 142 valence electrons. The smallest absolute Gasteiger partial charge is 0.257 e. The molecule has 0 aromatic heterocycles. The predicted octanol–water partition coefficient (Wildman–Crippen LogP) is 4.94. The number of carbonyl (C=O) groups excluding carboxylic acids is 1. The molecule has 2 aromatic rings. The van der Waals surface area contributed by atoms with Crippen molar-refractivity contribution < 1.29 is 9.53 Å². The van der Waals surface area contributed by atoms with Crippen molar-refractivity contribution in [2.45, 2.75) is 44.9 Å². The minimum Gasteiger partial charge on any atom is -0.484 e. The van der Waals surface area contributed by atoms with Crippen LogP contribution in [0.25, 0.3) is 10.8 Å². The Labute approximate surface area is 161 Å². The van der Waals surface area contributed by atoms with Gasteiger partial charge in [-0.15, -0.1) is 0 Å². The summed E-state index contributed by atoms with van der Waals surface area (Å²) in [5.74, 6) is 3.49. The van der Waals surface area contributed by atoms with Crippen molar-refractivity contribution in [1.82, 2.24) is 5.32 Å². The molecule has 0 radical (unpaired) electrons. The maximum Gasteiger partial charge on any atom is 0.257 e. The molecule has 4 aliphatic carbocycles. The molecule has 4 saturated carbocycles. The zero-order valence-electron chi connectivity index (χ0n) is 16.0. The van der Waals surface area contributed by atoms with E-state index in [9.17, 15) is 4.79 Å². The monoisotopic (exact) mass is 363 g/mol. The van der Waals surface area contributed by atoms with Gasteiger partial charge in [-0.25, -0.2) is 0 Å². The zero-order valence-corrected chi connectivity index (χ0v) is 16.0. The van der Waals surface area contributed by atoms with Crippen molar-refractivity contribution in [1.29, 1.82) is 0 Å². The average Bonchev–Trinajstić information content (AvgIpc) is 2.90. The number of hydrogen-bond donors (Lipinski definition) is 1. The van der Waals surface area contributed by atoms with Crippen molar-refractivity contribution in [2.24, 2.45) is 23.2 Å². The number of carbonyl (C=O) groups is 1. The van der Waals surface area contributed by atoms with Gasteiger partial charge in [-0.3, -0.25) is 4.79 Å². The Hall–Kier alpha value is -2.03. The van der Waals surface area contributed by atoms with E-state index in [1.165, 1.54) is 50.3 Å². The van der Waals surface area contributed by atoms with Crippen LogP contribution in [-0.4, -0.2) is 19.1 Å². The van der Waals surface area contributed by atoms with E-state index < -0.39 is 0 Å². The summed E-state index contributed by atoms with van der Waals surface area (Å²) in [4.78, 5) is 12.4. The normalized spacial score (nSPS) is 31.6. The van der Waals surface area contributed by atoms with E-state index in [1.54, 1.807) is 0 Å². The van der Waals surface area contributed by atoms with Crippen LogP contribution in [0.2, 0.25) is 0 Å². The van der Waals surface area contributed by atoms with E-state index in [4.69, 9.17) is 4.74 Å². The van der Waals surface area contributed by atoms with Gasteiger partial charge >= 0.3 is 0 Å². The van der Waals surface area contributed by atoms with E-state index in [0.29, 0.717) is 5.41 Å². The molecule has 0 heterocycles. The lowest BCUT2D eigenvalue weighted by atomic mass is 9.58. The third-order valence-electron chi connectivity index (χ3n) is 7.23. The van der Waals surface area contributed by atoms with Gasteiger partial charge in [0.1, 0.15) is 5.75 Å². The Morgan fingerprint density at radius 3 is 2.44 bits per heavy atom. The average molecular weight is 364 g/mol. The highest BCUT2D eigenvalue weighted by Gasteiger charge is 2.48. The molecule has 3 nitrogen and oxygen atoms in total. The molecule has 6 rings (SSSR count). The maximum absolute atomic E-state index is 12.4. The van der Waals surface area contributed by atoms with Crippen LogP contribution >= 0.6 is 0 Å². The van der Waals surface area contributed by atoms with E-state index in [1.807, 2.05) is 30.3 Å². The molecule has 3 heteroatoms. The van der Waals surface area contributed by atoms with E-state index in [2.05, 4.69) is 17.4 Å². The minimum atomic E-state index is 0.0116. The highest BCUT2D eigenvalue weighted by atomic mass is 16.5. The second-order valence-electron chi connectivity index (χ2n) is 9.33. The third-order valence-corrected chi connectivity index (χ3v) is 7.23. The molecular formula is C24H29NO2. The van der Waals surface area contributed by atoms with Crippen LogP contribution in [0, 0.1) is 23.2 Å². The van der Waals surface area contributed by atoms with Gasteiger partial charge in [0.05, 0.1) is 0 Å². The van der Waals surface area contributed by atoms with Crippen molar-refractivity contribution in [2.75, 3.05) is 13.2 Å². The largest absolute Gasteiger partial charge is 0.484 e. The van der Waals surface area contributed by atoms with Gasteiger partial charge < -0.3 is 10.1 Å². The van der Waals surface area contributed by atoms with Crippen molar-refractivity contribution in [3.05, 3.63) is 42.5 Å². The van der Waals surface area contributed by atoms with Crippen LogP contribution in [0.15, 0.2) is 42.5 Å². The molecule has 0 spiro atoms. The Morgan fingerprint density at radius 1 is 0.963 bits per heavy atom. The second-order valence-corrected chi connectivity index (χ2v) is 9.33. The standard InChI is InChI=1S/C24H29NO2/c26-23(15-27-22-8-7-20-3-1-2-4-21(20)11-22)25-16-24-12-17-5-6-18(13-24)10-19(9-17)14-24/h1-4,7-8,11,17-19H,5-6,9-10,12-16H2,(H,25,26)/t17-,18-,19?,24?/m1/s1. The van der Waals surface area contributed by atoms with Crippen molar-refractivity contribution in [3.63, 3.8) is 0 Å². The van der Waals surface area contributed by atoms with Crippen LogP contribution in [0.4, 0.5) is 0 Å². The lowest BCUT2D eigenvalue weighted by Gasteiger charge is -2.48. The Kier molecular flexibility index (Phi) is 4.34. The number of ether oxygens (including phenoxy) is 1. The minimum absolute atomic E-state index is 0.0116.